The summed E-state index contributed by atoms with van der Waals surface area (Å²) >= 11 is 3.38. The second kappa shape index (κ2) is 6.11. The third-order valence-electron chi connectivity index (χ3n) is 2.48. The van der Waals surface area contributed by atoms with E-state index in [9.17, 15) is 0 Å². The van der Waals surface area contributed by atoms with Gasteiger partial charge >= 0.3 is 0 Å². The number of hydrogen-bond acceptors (Lipinski definition) is 3. The van der Waals surface area contributed by atoms with Crippen LogP contribution in [0.4, 0.5) is 0 Å². The molecular weight excluding hydrogens is 292 g/mol. The molecule has 0 unspecified atom stereocenters. The number of hydrogen-bond donors (Lipinski definition) is 1. The standard InChI is InChI=1S/C13H17BrN4/c1-10(2)6-15-7-11-3-4-16-13(5-11)18-9-12(14)8-17-18/h3-5,8-10,15H,6-7H2,1-2H3. The molecule has 4 nitrogen and oxygen atoms in total. The highest BCUT2D eigenvalue weighted by Gasteiger charge is 2.02. The first-order valence-corrected chi connectivity index (χ1v) is 6.80. The van der Waals surface area contributed by atoms with E-state index in [-0.39, 0.29) is 0 Å². The molecule has 0 saturated heterocycles. The summed E-state index contributed by atoms with van der Waals surface area (Å²) < 4.78 is 2.71. The second-order valence-corrected chi connectivity index (χ2v) is 5.57. The van der Waals surface area contributed by atoms with E-state index < -0.39 is 0 Å². The van der Waals surface area contributed by atoms with E-state index in [2.05, 4.69) is 45.2 Å². The topological polar surface area (TPSA) is 42.7 Å². The number of halogens is 1. The Labute approximate surface area is 116 Å². The van der Waals surface area contributed by atoms with Gasteiger partial charge in [0.2, 0.25) is 0 Å². The summed E-state index contributed by atoms with van der Waals surface area (Å²) in [4.78, 5) is 4.32. The van der Waals surface area contributed by atoms with Crippen LogP contribution < -0.4 is 5.32 Å². The molecule has 0 aliphatic rings. The molecule has 96 valence electrons. The number of aromatic nitrogens is 3. The van der Waals surface area contributed by atoms with Gasteiger partial charge in [-0.05, 0) is 46.1 Å². The molecule has 2 rings (SSSR count). The molecule has 0 fully saturated rings. The van der Waals surface area contributed by atoms with Gasteiger partial charge in [0.05, 0.1) is 10.7 Å². The summed E-state index contributed by atoms with van der Waals surface area (Å²) in [7, 11) is 0. The van der Waals surface area contributed by atoms with E-state index in [0.717, 1.165) is 23.4 Å². The van der Waals surface area contributed by atoms with Crippen molar-refractivity contribution < 1.29 is 0 Å². The van der Waals surface area contributed by atoms with Gasteiger partial charge in [-0.2, -0.15) is 5.10 Å². The second-order valence-electron chi connectivity index (χ2n) is 4.65. The molecule has 2 aromatic rings. The molecule has 1 N–H and O–H groups in total. The molecule has 0 spiro atoms. The van der Waals surface area contributed by atoms with Gasteiger partial charge in [-0.25, -0.2) is 9.67 Å². The number of rotatable bonds is 5. The Balaban J connectivity index is 2.05. The van der Waals surface area contributed by atoms with Crippen molar-refractivity contribution in [3.8, 4) is 5.82 Å². The van der Waals surface area contributed by atoms with E-state index >= 15 is 0 Å². The molecule has 5 heteroatoms. The lowest BCUT2D eigenvalue weighted by Crippen LogP contribution is -2.19. The zero-order chi connectivity index (χ0) is 13.0. The summed E-state index contributed by atoms with van der Waals surface area (Å²) in [6.07, 6.45) is 5.47. The first-order valence-electron chi connectivity index (χ1n) is 6.01. The van der Waals surface area contributed by atoms with Crippen molar-refractivity contribution in [2.75, 3.05) is 6.54 Å². The van der Waals surface area contributed by atoms with E-state index in [4.69, 9.17) is 0 Å². The molecular formula is C13H17BrN4. The van der Waals surface area contributed by atoms with Crippen LogP contribution in [-0.2, 0) is 6.54 Å². The van der Waals surface area contributed by atoms with Gasteiger partial charge in [0.15, 0.2) is 5.82 Å². The highest BCUT2D eigenvalue weighted by Crippen LogP contribution is 2.11. The molecule has 0 saturated carbocycles. The molecule has 0 bridgehead atoms. The predicted octanol–water partition coefficient (Wildman–Crippen LogP) is 2.78. The molecule has 0 amide bonds. The lowest BCUT2D eigenvalue weighted by atomic mass is 10.2. The summed E-state index contributed by atoms with van der Waals surface area (Å²) in [6.45, 7) is 6.28. The average molecular weight is 309 g/mol. The lowest BCUT2D eigenvalue weighted by Gasteiger charge is -2.08. The van der Waals surface area contributed by atoms with Crippen LogP contribution in [0.25, 0.3) is 5.82 Å². The van der Waals surface area contributed by atoms with Crippen molar-refractivity contribution in [2.24, 2.45) is 5.92 Å². The fourth-order valence-electron chi connectivity index (χ4n) is 1.63. The third kappa shape index (κ3) is 3.65. The molecule has 0 aliphatic carbocycles. The van der Waals surface area contributed by atoms with Crippen molar-refractivity contribution in [1.29, 1.82) is 0 Å². The fourth-order valence-corrected chi connectivity index (χ4v) is 1.91. The van der Waals surface area contributed by atoms with Crippen molar-refractivity contribution >= 4 is 15.9 Å². The molecule has 0 aromatic carbocycles. The van der Waals surface area contributed by atoms with Crippen LogP contribution in [0.3, 0.4) is 0 Å². The molecule has 0 atom stereocenters. The van der Waals surface area contributed by atoms with Crippen LogP contribution in [0.2, 0.25) is 0 Å². The smallest absolute Gasteiger partial charge is 0.153 e. The van der Waals surface area contributed by atoms with Crippen LogP contribution in [-0.4, -0.2) is 21.3 Å². The third-order valence-corrected chi connectivity index (χ3v) is 2.89. The van der Waals surface area contributed by atoms with Crippen molar-refractivity contribution in [3.05, 3.63) is 40.8 Å². The van der Waals surface area contributed by atoms with E-state index in [0.29, 0.717) is 5.92 Å². The van der Waals surface area contributed by atoms with Crippen LogP contribution in [0.5, 0.6) is 0 Å². The number of nitrogens with one attached hydrogen (secondary N) is 1. The predicted molar refractivity (Wildman–Crippen MR) is 75.6 cm³/mol. The molecule has 18 heavy (non-hydrogen) atoms. The Morgan fingerprint density at radius 3 is 2.94 bits per heavy atom. The zero-order valence-electron chi connectivity index (χ0n) is 10.6. The average Bonchev–Trinajstić information content (AvgIpc) is 2.76. The Hall–Kier alpha value is -1.20. The maximum absolute atomic E-state index is 4.32. The summed E-state index contributed by atoms with van der Waals surface area (Å²) in [5.41, 5.74) is 1.22. The van der Waals surface area contributed by atoms with Gasteiger partial charge in [0, 0.05) is 18.9 Å². The summed E-state index contributed by atoms with van der Waals surface area (Å²) in [6, 6.07) is 4.07. The SMILES string of the molecule is CC(C)CNCc1ccnc(-n2cc(Br)cn2)c1. The minimum Gasteiger partial charge on any atom is -0.312 e. The monoisotopic (exact) mass is 308 g/mol. The van der Waals surface area contributed by atoms with Gasteiger partial charge in [-0.15, -0.1) is 0 Å². The van der Waals surface area contributed by atoms with E-state index in [1.54, 1.807) is 10.9 Å². The number of pyridine rings is 1. The Bertz CT molecular complexity index is 507. The van der Waals surface area contributed by atoms with Crippen molar-refractivity contribution in [1.82, 2.24) is 20.1 Å². The quantitative estimate of drug-likeness (QED) is 0.923. The van der Waals surface area contributed by atoms with Crippen LogP contribution in [0.15, 0.2) is 35.2 Å². The minimum absolute atomic E-state index is 0.661. The first-order chi connectivity index (χ1) is 8.65. The molecule has 0 aliphatic heterocycles. The van der Waals surface area contributed by atoms with Gasteiger partial charge in [-0.3, -0.25) is 0 Å². The maximum atomic E-state index is 4.32. The largest absolute Gasteiger partial charge is 0.312 e. The lowest BCUT2D eigenvalue weighted by molar-refractivity contribution is 0.552. The summed E-state index contributed by atoms with van der Waals surface area (Å²) in [5, 5.41) is 7.64. The van der Waals surface area contributed by atoms with Crippen LogP contribution >= 0.6 is 15.9 Å². The van der Waals surface area contributed by atoms with Gasteiger partial charge < -0.3 is 5.32 Å². The number of nitrogens with zero attached hydrogens (tertiary/aromatic N) is 3. The van der Waals surface area contributed by atoms with Crippen molar-refractivity contribution in [2.45, 2.75) is 20.4 Å². The van der Waals surface area contributed by atoms with Gasteiger partial charge in [0.1, 0.15) is 0 Å². The maximum Gasteiger partial charge on any atom is 0.153 e. The molecule has 0 radical (unpaired) electrons. The molecule has 2 aromatic heterocycles. The fraction of sp³-hybridized carbons (Fsp3) is 0.385. The van der Waals surface area contributed by atoms with E-state index in [1.165, 1.54) is 5.56 Å². The highest BCUT2D eigenvalue weighted by molar-refractivity contribution is 9.10. The van der Waals surface area contributed by atoms with Gasteiger partial charge in [-0.1, -0.05) is 13.8 Å². The highest BCUT2D eigenvalue weighted by atomic mass is 79.9. The Morgan fingerprint density at radius 2 is 2.28 bits per heavy atom. The van der Waals surface area contributed by atoms with Crippen molar-refractivity contribution in [3.63, 3.8) is 0 Å². The zero-order valence-corrected chi connectivity index (χ0v) is 12.2. The minimum atomic E-state index is 0.661. The van der Waals surface area contributed by atoms with Crippen LogP contribution in [0, 0.1) is 5.92 Å². The van der Waals surface area contributed by atoms with E-state index in [1.807, 2.05) is 24.5 Å². The normalized spacial score (nSPS) is 11.1. The molecule has 2 heterocycles. The Morgan fingerprint density at radius 1 is 1.44 bits per heavy atom. The summed E-state index contributed by atoms with van der Waals surface area (Å²) in [5.74, 6) is 1.50. The first kappa shape index (κ1) is 13.2. The van der Waals surface area contributed by atoms with Gasteiger partial charge in [0.25, 0.3) is 0 Å². The van der Waals surface area contributed by atoms with Crippen LogP contribution in [0.1, 0.15) is 19.4 Å². The Kier molecular flexibility index (Phi) is 4.49.